The summed E-state index contributed by atoms with van der Waals surface area (Å²) in [5.41, 5.74) is 1.68. The Morgan fingerprint density at radius 1 is 1.36 bits per heavy atom. The fraction of sp³-hybridized carbons (Fsp3) is 0.400. The standard InChI is InChI=1S/C10H12N2O2/c1-12-8-6-11-9(13)5-7(8)3-2-4-10(12)14/h5-6H,2-4H2,1H3,(H,11,13). The molecule has 1 amide bonds. The van der Waals surface area contributed by atoms with Gasteiger partial charge >= 0.3 is 0 Å². The molecule has 0 radical (unpaired) electrons. The minimum atomic E-state index is -0.105. The number of carbonyl (C=O) groups is 1. The van der Waals surface area contributed by atoms with Gasteiger partial charge in [-0.3, -0.25) is 9.59 Å². The van der Waals surface area contributed by atoms with Crippen LogP contribution in [0.1, 0.15) is 18.4 Å². The SMILES string of the molecule is CN1C(=O)CCCc2cc(=O)[nH]cc21. The molecule has 0 spiro atoms. The van der Waals surface area contributed by atoms with E-state index in [-0.39, 0.29) is 11.5 Å². The van der Waals surface area contributed by atoms with Gasteiger partial charge in [-0.1, -0.05) is 0 Å². The van der Waals surface area contributed by atoms with Crippen molar-refractivity contribution in [3.05, 3.63) is 28.2 Å². The van der Waals surface area contributed by atoms with Gasteiger partial charge in [-0.05, 0) is 18.4 Å². The Hall–Kier alpha value is -1.58. The highest BCUT2D eigenvalue weighted by Gasteiger charge is 2.18. The van der Waals surface area contributed by atoms with Crippen LogP contribution in [-0.2, 0) is 11.2 Å². The maximum atomic E-state index is 11.5. The molecule has 1 aromatic heterocycles. The highest BCUT2D eigenvalue weighted by molar-refractivity contribution is 5.94. The van der Waals surface area contributed by atoms with Crippen LogP contribution in [0.2, 0.25) is 0 Å². The van der Waals surface area contributed by atoms with Crippen LogP contribution >= 0.6 is 0 Å². The second kappa shape index (κ2) is 3.29. The van der Waals surface area contributed by atoms with Crippen LogP contribution in [0.5, 0.6) is 0 Å². The summed E-state index contributed by atoms with van der Waals surface area (Å²) in [6, 6.07) is 1.57. The van der Waals surface area contributed by atoms with Crippen molar-refractivity contribution in [1.29, 1.82) is 0 Å². The van der Waals surface area contributed by atoms with Gasteiger partial charge in [0.1, 0.15) is 0 Å². The lowest BCUT2D eigenvalue weighted by Crippen LogP contribution is -2.25. The van der Waals surface area contributed by atoms with Crippen molar-refractivity contribution in [3.8, 4) is 0 Å². The minimum absolute atomic E-state index is 0.105. The first-order chi connectivity index (χ1) is 6.68. The molecule has 14 heavy (non-hydrogen) atoms. The fourth-order valence-corrected chi connectivity index (χ4v) is 1.75. The molecule has 1 aliphatic rings. The second-order valence-corrected chi connectivity index (χ2v) is 3.51. The molecule has 4 heteroatoms. The molecule has 1 N–H and O–H groups in total. The number of aryl methyl sites for hydroxylation is 1. The molecule has 0 saturated heterocycles. The Morgan fingerprint density at radius 2 is 2.14 bits per heavy atom. The number of nitrogens with one attached hydrogen (secondary N) is 1. The van der Waals surface area contributed by atoms with Crippen LogP contribution in [0.3, 0.4) is 0 Å². The molecule has 0 aromatic carbocycles. The molecule has 0 fully saturated rings. The third-order valence-corrected chi connectivity index (χ3v) is 2.56. The largest absolute Gasteiger partial charge is 0.327 e. The summed E-state index contributed by atoms with van der Waals surface area (Å²) < 4.78 is 0. The van der Waals surface area contributed by atoms with Gasteiger partial charge in [0, 0.05) is 25.7 Å². The quantitative estimate of drug-likeness (QED) is 0.657. The summed E-state index contributed by atoms with van der Waals surface area (Å²) in [7, 11) is 1.74. The van der Waals surface area contributed by atoms with Gasteiger partial charge in [-0.15, -0.1) is 0 Å². The zero-order chi connectivity index (χ0) is 10.1. The molecular formula is C10H12N2O2. The molecule has 2 rings (SSSR count). The molecule has 0 saturated carbocycles. The monoisotopic (exact) mass is 192 g/mol. The van der Waals surface area contributed by atoms with Crippen molar-refractivity contribution >= 4 is 11.6 Å². The number of hydrogen-bond donors (Lipinski definition) is 1. The normalized spacial score (nSPS) is 16.4. The van der Waals surface area contributed by atoms with Crippen LogP contribution in [0.15, 0.2) is 17.1 Å². The van der Waals surface area contributed by atoms with Crippen molar-refractivity contribution < 1.29 is 4.79 Å². The molecule has 1 aliphatic heterocycles. The van der Waals surface area contributed by atoms with Crippen LogP contribution < -0.4 is 10.5 Å². The number of carbonyl (C=O) groups excluding carboxylic acids is 1. The average molecular weight is 192 g/mol. The van der Waals surface area contributed by atoms with Crippen molar-refractivity contribution in [3.63, 3.8) is 0 Å². The first-order valence-electron chi connectivity index (χ1n) is 4.66. The summed E-state index contributed by atoms with van der Waals surface area (Å²) in [4.78, 5) is 26.8. The van der Waals surface area contributed by atoms with Gasteiger partial charge in [0.05, 0.1) is 5.69 Å². The van der Waals surface area contributed by atoms with E-state index in [1.54, 1.807) is 24.2 Å². The minimum Gasteiger partial charge on any atom is -0.327 e. The molecule has 0 bridgehead atoms. The highest BCUT2D eigenvalue weighted by atomic mass is 16.2. The molecule has 2 heterocycles. The van der Waals surface area contributed by atoms with Gasteiger partial charge < -0.3 is 9.88 Å². The number of fused-ring (bicyclic) bond motifs is 1. The van der Waals surface area contributed by atoms with Crippen molar-refractivity contribution in [2.75, 3.05) is 11.9 Å². The smallest absolute Gasteiger partial charge is 0.248 e. The van der Waals surface area contributed by atoms with E-state index in [0.717, 1.165) is 24.1 Å². The zero-order valence-corrected chi connectivity index (χ0v) is 8.04. The second-order valence-electron chi connectivity index (χ2n) is 3.51. The van der Waals surface area contributed by atoms with Crippen molar-refractivity contribution in [1.82, 2.24) is 4.98 Å². The van der Waals surface area contributed by atoms with E-state index in [1.165, 1.54) is 0 Å². The van der Waals surface area contributed by atoms with E-state index < -0.39 is 0 Å². The molecular weight excluding hydrogens is 180 g/mol. The number of pyridine rings is 1. The molecule has 0 atom stereocenters. The zero-order valence-electron chi connectivity index (χ0n) is 8.04. The summed E-state index contributed by atoms with van der Waals surface area (Å²) in [5.74, 6) is 0.107. The maximum absolute atomic E-state index is 11.5. The van der Waals surface area contributed by atoms with E-state index in [0.29, 0.717) is 6.42 Å². The summed E-state index contributed by atoms with van der Waals surface area (Å²) in [5, 5.41) is 0. The lowest BCUT2D eigenvalue weighted by molar-refractivity contribution is -0.118. The summed E-state index contributed by atoms with van der Waals surface area (Å²) in [6.45, 7) is 0. The number of aromatic amines is 1. The van der Waals surface area contributed by atoms with Gasteiger partial charge in [0.25, 0.3) is 0 Å². The third-order valence-electron chi connectivity index (χ3n) is 2.56. The molecule has 0 unspecified atom stereocenters. The Morgan fingerprint density at radius 3 is 2.93 bits per heavy atom. The van der Waals surface area contributed by atoms with Gasteiger partial charge in [0.2, 0.25) is 11.5 Å². The number of rotatable bonds is 0. The van der Waals surface area contributed by atoms with Gasteiger partial charge in [-0.2, -0.15) is 0 Å². The summed E-state index contributed by atoms with van der Waals surface area (Å²) >= 11 is 0. The van der Waals surface area contributed by atoms with E-state index in [4.69, 9.17) is 0 Å². The van der Waals surface area contributed by atoms with E-state index >= 15 is 0 Å². The van der Waals surface area contributed by atoms with E-state index in [9.17, 15) is 9.59 Å². The van der Waals surface area contributed by atoms with Crippen LogP contribution in [0, 0.1) is 0 Å². The van der Waals surface area contributed by atoms with E-state index in [2.05, 4.69) is 4.98 Å². The number of nitrogens with zero attached hydrogens (tertiary/aromatic N) is 1. The number of anilines is 1. The number of amides is 1. The predicted molar refractivity (Wildman–Crippen MR) is 53.4 cm³/mol. The van der Waals surface area contributed by atoms with Crippen LogP contribution in [0.25, 0.3) is 0 Å². The van der Waals surface area contributed by atoms with Crippen LogP contribution in [-0.4, -0.2) is 17.9 Å². The molecule has 74 valence electrons. The fourth-order valence-electron chi connectivity index (χ4n) is 1.75. The number of aromatic nitrogens is 1. The Bertz CT molecular complexity index is 422. The van der Waals surface area contributed by atoms with Crippen LogP contribution in [0.4, 0.5) is 5.69 Å². The lowest BCUT2D eigenvalue weighted by atomic mass is 10.1. The lowest BCUT2D eigenvalue weighted by Gasteiger charge is -2.16. The van der Waals surface area contributed by atoms with Crippen molar-refractivity contribution in [2.24, 2.45) is 0 Å². The van der Waals surface area contributed by atoms with Gasteiger partial charge in [-0.25, -0.2) is 0 Å². The average Bonchev–Trinajstić information content (AvgIpc) is 2.28. The molecule has 0 aliphatic carbocycles. The Balaban J connectivity index is 2.53. The number of H-pyrrole nitrogens is 1. The Labute approximate surface area is 81.6 Å². The first-order valence-corrected chi connectivity index (χ1v) is 4.66. The topological polar surface area (TPSA) is 53.2 Å². The van der Waals surface area contributed by atoms with E-state index in [1.807, 2.05) is 0 Å². The Kier molecular flexibility index (Phi) is 2.11. The molecule has 1 aromatic rings. The number of hydrogen-bond acceptors (Lipinski definition) is 2. The molecule has 4 nitrogen and oxygen atoms in total. The predicted octanol–water partition coefficient (Wildman–Crippen LogP) is 0.674. The maximum Gasteiger partial charge on any atom is 0.248 e. The van der Waals surface area contributed by atoms with Crippen molar-refractivity contribution in [2.45, 2.75) is 19.3 Å². The van der Waals surface area contributed by atoms with Gasteiger partial charge in [0.15, 0.2) is 0 Å². The first kappa shape index (κ1) is 8.99. The highest BCUT2D eigenvalue weighted by Crippen LogP contribution is 2.23. The summed E-state index contributed by atoms with van der Waals surface area (Å²) in [6.07, 6.45) is 3.79. The third kappa shape index (κ3) is 1.43.